The molecule has 192 valence electrons. The molecule has 0 saturated carbocycles. The number of nitrogens with zero attached hydrogens (tertiary/aromatic N) is 3. The molecule has 1 fully saturated rings. The highest BCUT2D eigenvalue weighted by atomic mass is 19.1. The third kappa shape index (κ3) is 4.87. The number of benzene rings is 2. The Morgan fingerprint density at radius 1 is 1.00 bits per heavy atom. The number of halogens is 2. The van der Waals surface area contributed by atoms with Gasteiger partial charge in [0.1, 0.15) is 17.5 Å². The first kappa shape index (κ1) is 23.8. The number of nitrogens with two attached hydrogens (primary N) is 1. The van der Waals surface area contributed by atoms with Crippen molar-refractivity contribution >= 4 is 17.1 Å². The van der Waals surface area contributed by atoms with Crippen LogP contribution in [0.1, 0.15) is 41.1 Å². The second-order valence-corrected chi connectivity index (χ2v) is 9.81. The van der Waals surface area contributed by atoms with Gasteiger partial charge in [-0.05, 0) is 74.3 Å². The molecule has 0 amide bonds. The zero-order valence-electron chi connectivity index (χ0n) is 20.4. The van der Waals surface area contributed by atoms with E-state index in [2.05, 4.69) is 38.5 Å². The zero-order valence-corrected chi connectivity index (χ0v) is 20.4. The molecular formula is C27H30F2N8. The molecule has 0 spiro atoms. The van der Waals surface area contributed by atoms with E-state index in [4.69, 9.17) is 10.7 Å². The van der Waals surface area contributed by atoms with Crippen molar-refractivity contribution in [2.24, 2.45) is 10.7 Å². The van der Waals surface area contributed by atoms with Crippen molar-refractivity contribution in [1.29, 1.82) is 0 Å². The van der Waals surface area contributed by atoms with Gasteiger partial charge in [-0.25, -0.2) is 13.8 Å². The average Bonchev–Trinajstić information content (AvgIpc) is 3.39. The third-order valence-corrected chi connectivity index (χ3v) is 7.23. The monoisotopic (exact) mass is 504 g/mol. The minimum absolute atomic E-state index is 0.180. The molecule has 3 aromatic rings. The Morgan fingerprint density at radius 3 is 2.62 bits per heavy atom. The van der Waals surface area contributed by atoms with E-state index in [9.17, 15) is 8.78 Å². The van der Waals surface area contributed by atoms with Crippen LogP contribution in [0.5, 0.6) is 0 Å². The van der Waals surface area contributed by atoms with Crippen LogP contribution < -0.4 is 27.0 Å². The minimum Gasteiger partial charge on any atom is -0.351 e. The fourth-order valence-corrected chi connectivity index (χ4v) is 5.20. The molecule has 10 heteroatoms. The first-order valence-corrected chi connectivity index (χ1v) is 12.7. The van der Waals surface area contributed by atoms with Gasteiger partial charge in [0.2, 0.25) is 5.79 Å². The van der Waals surface area contributed by atoms with Gasteiger partial charge in [0.25, 0.3) is 0 Å². The van der Waals surface area contributed by atoms with Gasteiger partial charge in [-0.15, -0.1) is 0 Å². The van der Waals surface area contributed by atoms with Gasteiger partial charge in [0.15, 0.2) is 0 Å². The molecule has 4 heterocycles. The van der Waals surface area contributed by atoms with Crippen LogP contribution in [0.3, 0.4) is 0 Å². The molecule has 6 N–H and O–H groups in total. The summed E-state index contributed by atoms with van der Waals surface area (Å²) < 4.78 is 30.1. The maximum Gasteiger partial charge on any atom is 0.211 e. The summed E-state index contributed by atoms with van der Waals surface area (Å²) in [4.78, 5) is 4.76. The largest absolute Gasteiger partial charge is 0.351 e. The maximum atomic E-state index is 14.1. The Labute approximate surface area is 214 Å². The Balaban J connectivity index is 1.36. The van der Waals surface area contributed by atoms with Gasteiger partial charge in [-0.3, -0.25) is 10.4 Å². The summed E-state index contributed by atoms with van der Waals surface area (Å²) in [6.07, 6.45) is 8.58. The standard InChI is InChI=1S/C27H30F2N8/c28-21-10-20(11-22(29)12-21)27(30)33-15-25(19-14-34-37(16-19)24-4-7-31-8-5-24)26(36-27)35-23-2-1-17-3-6-32-13-18(17)9-23/h1-2,9-12,14-16,24,31-33H,3-8,13,30H2,(H,35,36). The topological polar surface area (TPSA) is 104 Å². The summed E-state index contributed by atoms with van der Waals surface area (Å²) in [5, 5.41) is 17.9. The van der Waals surface area contributed by atoms with E-state index < -0.39 is 17.4 Å². The highest BCUT2D eigenvalue weighted by molar-refractivity contribution is 6.28. The molecular weight excluding hydrogens is 474 g/mol. The van der Waals surface area contributed by atoms with Gasteiger partial charge in [-0.2, -0.15) is 5.10 Å². The lowest BCUT2D eigenvalue weighted by atomic mass is 10.00. The number of piperidine rings is 1. The van der Waals surface area contributed by atoms with Crippen LogP contribution in [0.15, 0.2) is 60.0 Å². The summed E-state index contributed by atoms with van der Waals surface area (Å²) >= 11 is 0. The molecule has 1 saturated heterocycles. The van der Waals surface area contributed by atoms with Crippen molar-refractivity contribution < 1.29 is 8.78 Å². The first-order chi connectivity index (χ1) is 18.0. The molecule has 0 aliphatic carbocycles. The molecule has 2 aromatic carbocycles. The van der Waals surface area contributed by atoms with Gasteiger partial charge < -0.3 is 21.3 Å². The summed E-state index contributed by atoms with van der Waals surface area (Å²) in [7, 11) is 0. The van der Waals surface area contributed by atoms with Gasteiger partial charge in [0.05, 0.1) is 12.2 Å². The minimum atomic E-state index is -1.56. The van der Waals surface area contributed by atoms with E-state index in [1.54, 1.807) is 6.20 Å². The second-order valence-electron chi connectivity index (χ2n) is 9.81. The predicted molar refractivity (Wildman–Crippen MR) is 140 cm³/mol. The van der Waals surface area contributed by atoms with Crippen molar-refractivity contribution in [2.75, 3.05) is 25.0 Å². The van der Waals surface area contributed by atoms with Crippen molar-refractivity contribution in [3.05, 3.63) is 88.9 Å². The van der Waals surface area contributed by atoms with Crippen LogP contribution in [0.25, 0.3) is 5.57 Å². The quantitative estimate of drug-likeness (QED) is 0.374. The molecule has 3 aliphatic rings. The van der Waals surface area contributed by atoms with E-state index >= 15 is 0 Å². The molecule has 0 radical (unpaired) electrons. The van der Waals surface area contributed by atoms with E-state index in [1.807, 2.05) is 23.1 Å². The average molecular weight is 505 g/mol. The van der Waals surface area contributed by atoms with E-state index in [-0.39, 0.29) is 5.56 Å². The molecule has 1 aromatic heterocycles. The van der Waals surface area contributed by atoms with E-state index in [0.717, 1.165) is 68.3 Å². The lowest BCUT2D eigenvalue weighted by Gasteiger charge is -2.32. The van der Waals surface area contributed by atoms with Crippen molar-refractivity contribution in [2.45, 2.75) is 37.6 Å². The fourth-order valence-electron chi connectivity index (χ4n) is 5.20. The Kier molecular flexibility index (Phi) is 6.23. The summed E-state index contributed by atoms with van der Waals surface area (Å²) in [5.74, 6) is -2.51. The van der Waals surface area contributed by atoms with Crippen LogP contribution in [-0.4, -0.2) is 35.3 Å². The summed E-state index contributed by atoms with van der Waals surface area (Å²) in [5.41, 5.74) is 11.8. The predicted octanol–water partition coefficient (Wildman–Crippen LogP) is 2.96. The number of aliphatic imine (C=N–C) groups is 1. The fraction of sp³-hybridized carbons (Fsp3) is 0.333. The van der Waals surface area contributed by atoms with Crippen LogP contribution in [-0.2, 0) is 18.8 Å². The SMILES string of the molecule is NC1(c2cc(F)cc(F)c2)N=C(Nc2ccc3c(c2)CNCC3)C(c2cnn(C3CCNCC3)c2)=CN1. The highest BCUT2D eigenvalue weighted by Crippen LogP contribution is 2.30. The number of hydrogen-bond acceptors (Lipinski definition) is 7. The lowest BCUT2D eigenvalue weighted by molar-refractivity contribution is 0.343. The van der Waals surface area contributed by atoms with Gasteiger partial charge in [0, 0.05) is 47.4 Å². The van der Waals surface area contributed by atoms with Crippen LogP contribution in [0.2, 0.25) is 0 Å². The van der Waals surface area contributed by atoms with Gasteiger partial charge >= 0.3 is 0 Å². The number of anilines is 1. The molecule has 8 nitrogen and oxygen atoms in total. The number of nitrogens with one attached hydrogen (secondary N) is 4. The smallest absolute Gasteiger partial charge is 0.211 e. The Hall–Kier alpha value is -3.60. The number of hydrogen-bond donors (Lipinski definition) is 5. The van der Waals surface area contributed by atoms with Gasteiger partial charge in [-0.1, -0.05) is 6.07 Å². The molecule has 1 atom stereocenters. The van der Waals surface area contributed by atoms with E-state index in [0.29, 0.717) is 11.9 Å². The Morgan fingerprint density at radius 2 is 1.81 bits per heavy atom. The summed E-state index contributed by atoms with van der Waals surface area (Å²) in [6, 6.07) is 9.77. The second kappa shape index (κ2) is 9.70. The number of amidine groups is 1. The molecule has 6 rings (SSSR count). The highest BCUT2D eigenvalue weighted by Gasteiger charge is 2.33. The number of rotatable bonds is 4. The molecule has 37 heavy (non-hydrogen) atoms. The molecule has 0 bridgehead atoms. The Bertz CT molecular complexity index is 1350. The van der Waals surface area contributed by atoms with Crippen molar-refractivity contribution in [3.63, 3.8) is 0 Å². The van der Waals surface area contributed by atoms with Crippen LogP contribution in [0.4, 0.5) is 14.5 Å². The zero-order chi connectivity index (χ0) is 25.4. The summed E-state index contributed by atoms with van der Waals surface area (Å²) in [6.45, 7) is 3.69. The number of aromatic nitrogens is 2. The maximum absolute atomic E-state index is 14.1. The van der Waals surface area contributed by atoms with Crippen LogP contribution >= 0.6 is 0 Å². The lowest BCUT2D eigenvalue weighted by Crippen LogP contribution is -2.50. The van der Waals surface area contributed by atoms with Crippen molar-refractivity contribution in [3.8, 4) is 0 Å². The third-order valence-electron chi connectivity index (χ3n) is 7.23. The molecule has 1 unspecified atom stereocenters. The first-order valence-electron chi connectivity index (χ1n) is 12.7. The van der Waals surface area contributed by atoms with Crippen LogP contribution in [0, 0.1) is 11.6 Å². The molecule has 3 aliphatic heterocycles. The van der Waals surface area contributed by atoms with E-state index in [1.165, 1.54) is 23.3 Å². The number of fused-ring (bicyclic) bond motifs is 1. The normalized spacial score (nSPS) is 22.0. The van der Waals surface area contributed by atoms with Crippen molar-refractivity contribution in [1.82, 2.24) is 25.7 Å².